The number of hydrogen-bond donors (Lipinski definition) is 3. The molecule has 3 amide bonds. The van der Waals surface area contributed by atoms with Crippen LogP contribution < -0.4 is 20.7 Å². The van der Waals surface area contributed by atoms with E-state index in [1.165, 1.54) is 0 Å². The molecule has 7 heteroatoms. The van der Waals surface area contributed by atoms with Crippen LogP contribution in [0.2, 0.25) is 0 Å². The maximum absolute atomic E-state index is 12.5. The Labute approximate surface area is 173 Å². The van der Waals surface area contributed by atoms with Gasteiger partial charge >= 0.3 is 6.03 Å². The molecule has 0 aliphatic carbocycles. The van der Waals surface area contributed by atoms with Crippen molar-refractivity contribution in [2.45, 2.75) is 38.8 Å². The molecule has 1 aliphatic heterocycles. The Morgan fingerprint density at radius 2 is 1.96 bits per heavy atom. The maximum Gasteiger partial charge on any atom is 0.315 e. The van der Waals surface area contributed by atoms with E-state index in [2.05, 4.69) is 31.9 Å². The van der Waals surface area contributed by atoms with Crippen molar-refractivity contribution in [1.29, 1.82) is 0 Å². The highest BCUT2D eigenvalue weighted by molar-refractivity contribution is 9.10. The highest BCUT2D eigenvalue weighted by Crippen LogP contribution is 2.34. The number of nitrogens with one attached hydrogen (secondary N) is 3. The lowest BCUT2D eigenvalue weighted by Crippen LogP contribution is -2.40. The first-order chi connectivity index (χ1) is 13.5. The van der Waals surface area contributed by atoms with Gasteiger partial charge in [-0.1, -0.05) is 35.0 Å². The van der Waals surface area contributed by atoms with E-state index < -0.39 is 0 Å². The molecule has 148 valence electrons. The first-order valence-electron chi connectivity index (χ1n) is 9.35. The molecule has 0 spiro atoms. The largest absolute Gasteiger partial charge is 0.493 e. The molecule has 6 nitrogen and oxygen atoms in total. The number of halogens is 1. The Balaban J connectivity index is 1.59. The molecular formula is C21H24BrN3O3. The van der Waals surface area contributed by atoms with Crippen LogP contribution in [0.1, 0.15) is 49.9 Å². The molecule has 0 saturated heterocycles. The average molecular weight is 446 g/mol. The Bertz CT molecular complexity index is 854. The highest BCUT2D eigenvalue weighted by Gasteiger charge is 2.24. The minimum Gasteiger partial charge on any atom is -0.493 e. The number of amides is 3. The Hall–Kier alpha value is -2.54. The van der Waals surface area contributed by atoms with Crippen LogP contribution in [-0.2, 0) is 4.79 Å². The zero-order chi connectivity index (χ0) is 20.1. The number of rotatable bonds is 5. The number of fused-ring (bicyclic) bond motifs is 1. The second-order valence-electron chi connectivity index (χ2n) is 6.74. The third kappa shape index (κ3) is 5.04. The smallest absolute Gasteiger partial charge is 0.315 e. The fourth-order valence-electron chi connectivity index (χ4n) is 3.10. The first kappa shape index (κ1) is 20.2. The summed E-state index contributed by atoms with van der Waals surface area (Å²) in [6.45, 7) is 4.30. The van der Waals surface area contributed by atoms with E-state index in [9.17, 15) is 9.59 Å². The monoisotopic (exact) mass is 445 g/mol. The van der Waals surface area contributed by atoms with Crippen LogP contribution in [0.25, 0.3) is 0 Å². The average Bonchev–Trinajstić information content (AvgIpc) is 2.68. The summed E-state index contributed by atoms with van der Waals surface area (Å²) in [7, 11) is 0. The lowest BCUT2D eigenvalue weighted by atomic mass is 10.0. The van der Waals surface area contributed by atoms with Gasteiger partial charge in [0.1, 0.15) is 5.75 Å². The van der Waals surface area contributed by atoms with Gasteiger partial charge in [-0.05, 0) is 42.8 Å². The molecular weight excluding hydrogens is 422 g/mol. The normalized spacial score (nSPS) is 16.3. The fourth-order valence-corrected chi connectivity index (χ4v) is 3.48. The number of ether oxygens (including phenoxy) is 1. The van der Waals surface area contributed by atoms with Gasteiger partial charge < -0.3 is 20.7 Å². The molecule has 2 aromatic carbocycles. The summed E-state index contributed by atoms with van der Waals surface area (Å²) in [6, 6.07) is 12.8. The standard InChI is InChI=1S/C21H24BrN3O3/c1-3-20(26)24-16-7-4-14(5-8-16)13(2)23-21(27)25-18-10-11-28-19-9-6-15(22)12-17(18)19/h4-9,12-13,18H,3,10-11H2,1-2H3,(H,24,26)(H2,23,25,27). The molecule has 0 saturated carbocycles. The van der Waals surface area contributed by atoms with E-state index in [1.807, 2.05) is 56.3 Å². The summed E-state index contributed by atoms with van der Waals surface area (Å²) in [4.78, 5) is 24.0. The van der Waals surface area contributed by atoms with E-state index in [-0.39, 0.29) is 24.0 Å². The molecule has 2 unspecified atom stereocenters. The summed E-state index contributed by atoms with van der Waals surface area (Å²) >= 11 is 3.47. The van der Waals surface area contributed by atoms with Crippen molar-refractivity contribution in [3.05, 3.63) is 58.1 Å². The minimum atomic E-state index is -0.228. The van der Waals surface area contributed by atoms with Gasteiger partial charge in [-0.3, -0.25) is 4.79 Å². The topological polar surface area (TPSA) is 79.5 Å². The number of carbonyl (C=O) groups is 2. The summed E-state index contributed by atoms with van der Waals surface area (Å²) < 4.78 is 6.62. The molecule has 0 radical (unpaired) electrons. The molecule has 2 aromatic rings. The number of carbonyl (C=O) groups excluding carboxylic acids is 2. The van der Waals surface area contributed by atoms with Crippen molar-refractivity contribution in [2.75, 3.05) is 11.9 Å². The van der Waals surface area contributed by atoms with Crippen LogP contribution in [0, 0.1) is 0 Å². The van der Waals surface area contributed by atoms with Gasteiger partial charge in [-0.25, -0.2) is 4.79 Å². The predicted octanol–water partition coefficient (Wildman–Crippen LogP) is 4.68. The number of hydrogen-bond acceptors (Lipinski definition) is 3. The third-order valence-corrected chi connectivity index (χ3v) is 5.17. The summed E-state index contributed by atoms with van der Waals surface area (Å²) in [6.07, 6.45) is 1.16. The third-order valence-electron chi connectivity index (χ3n) is 4.68. The predicted molar refractivity (Wildman–Crippen MR) is 112 cm³/mol. The fraction of sp³-hybridized carbons (Fsp3) is 0.333. The lowest BCUT2D eigenvalue weighted by molar-refractivity contribution is -0.115. The van der Waals surface area contributed by atoms with E-state index in [1.54, 1.807) is 0 Å². The van der Waals surface area contributed by atoms with E-state index in [4.69, 9.17) is 4.74 Å². The minimum absolute atomic E-state index is 0.0262. The van der Waals surface area contributed by atoms with E-state index in [0.717, 1.165) is 33.5 Å². The number of benzene rings is 2. The second-order valence-corrected chi connectivity index (χ2v) is 7.65. The van der Waals surface area contributed by atoms with E-state index in [0.29, 0.717) is 13.0 Å². The SMILES string of the molecule is CCC(=O)Nc1ccc(C(C)NC(=O)NC2CCOc3ccc(Br)cc32)cc1. The van der Waals surface area contributed by atoms with Crippen LogP contribution in [-0.4, -0.2) is 18.5 Å². The maximum atomic E-state index is 12.5. The van der Waals surface area contributed by atoms with Crippen LogP contribution in [0.3, 0.4) is 0 Å². The van der Waals surface area contributed by atoms with Crippen LogP contribution in [0.4, 0.5) is 10.5 Å². The van der Waals surface area contributed by atoms with Crippen LogP contribution >= 0.6 is 15.9 Å². The Kier molecular flexibility index (Phi) is 6.57. The van der Waals surface area contributed by atoms with Crippen molar-refractivity contribution >= 4 is 33.6 Å². The molecule has 3 rings (SSSR count). The zero-order valence-electron chi connectivity index (χ0n) is 15.9. The first-order valence-corrected chi connectivity index (χ1v) is 10.1. The summed E-state index contributed by atoms with van der Waals surface area (Å²) in [5.74, 6) is 0.777. The lowest BCUT2D eigenvalue weighted by Gasteiger charge is -2.27. The zero-order valence-corrected chi connectivity index (χ0v) is 17.5. The van der Waals surface area contributed by atoms with Gasteiger partial charge in [0.25, 0.3) is 0 Å². The van der Waals surface area contributed by atoms with Crippen molar-refractivity contribution < 1.29 is 14.3 Å². The Morgan fingerprint density at radius 3 is 2.68 bits per heavy atom. The molecule has 0 bridgehead atoms. The highest BCUT2D eigenvalue weighted by atomic mass is 79.9. The quantitative estimate of drug-likeness (QED) is 0.624. The second kappa shape index (κ2) is 9.10. The molecule has 28 heavy (non-hydrogen) atoms. The molecule has 1 aliphatic rings. The number of urea groups is 1. The van der Waals surface area contributed by atoms with Crippen molar-refractivity contribution in [3.8, 4) is 5.75 Å². The van der Waals surface area contributed by atoms with Gasteiger partial charge in [-0.2, -0.15) is 0 Å². The Morgan fingerprint density at radius 1 is 1.21 bits per heavy atom. The molecule has 0 fully saturated rings. The number of anilines is 1. The van der Waals surface area contributed by atoms with Gasteiger partial charge in [0.05, 0.1) is 18.7 Å². The van der Waals surface area contributed by atoms with Gasteiger partial charge in [-0.15, -0.1) is 0 Å². The summed E-state index contributed by atoms with van der Waals surface area (Å²) in [5, 5.41) is 8.82. The molecule has 2 atom stereocenters. The molecule has 3 N–H and O–H groups in total. The summed E-state index contributed by atoms with van der Waals surface area (Å²) in [5.41, 5.74) is 2.68. The molecule has 0 aromatic heterocycles. The molecule has 1 heterocycles. The van der Waals surface area contributed by atoms with Gasteiger partial charge in [0.2, 0.25) is 5.91 Å². The van der Waals surface area contributed by atoms with Gasteiger partial charge in [0.15, 0.2) is 0 Å². The van der Waals surface area contributed by atoms with Crippen LogP contribution in [0.15, 0.2) is 46.9 Å². The van der Waals surface area contributed by atoms with Crippen molar-refractivity contribution in [1.82, 2.24) is 10.6 Å². The van der Waals surface area contributed by atoms with Crippen LogP contribution in [0.5, 0.6) is 5.75 Å². The van der Waals surface area contributed by atoms with Gasteiger partial charge in [0, 0.05) is 28.6 Å². The van der Waals surface area contributed by atoms with E-state index >= 15 is 0 Å². The van der Waals surface area contributed by atoms with Crippen molar-refractivity contribution in [2.24, 2.45) is 0 Å². The van der Waals surface area contributed by atoms with Crippen molar-refractivity contribution in [3.63, 3.8) is 0 Å².